The minimum absolute atomic E-state index is 0.0329. The van der Waals surface area contributed by atoms with Crippen molar-refractivity contribution in [2.45, 2.75) is 26.7 Å². The third kappa shape index (κ3) is 5.61. The van der Waals surface area contributed by atoms with Crippen LogP contribution in [0.15, 0.2) is 83.0 Å². The highest BCUT2D eigenvalue weighted by molar-refractivity contribution is 5.93. The first-order chi connectivity index (χ1) is 13.1. The lowest BCUT2D eigenvalue weighted by Crippen LogP contribution is -2.12. The van der Waals surface area contributed by atoms with Gasteiger partial charge in [-0.2, -0.15) is 5.11 Å². The molecule has 3 rings (SSSR count). The number of hydrogen-bond acceptors (Lipinski definition) is 3. The van der Waals surface area contributed by atoms with Crippen LogP contribution < -0.4 is 5.32 Å². The lowest BCUT2D eigenvalue weighted by Gasteiger charge is -2.09. The molecule has 1 amide bonds. The van der Waals surface area contributed by atoms with Crippen molar-refractivity contribution >= 4 is 23.0 Å². The van der Waals surface area contributed by atoms with Crippen molar-refractivity contribution in [1.29, 1.82) is 0 Å². The Hall–Kier alpha value is -3.27. The van der Waals surface area contributed by atoms with E-state index in [1.54, 1.807) is 0 Å². The first kappa shape index (κ1) is 18.5. The number of carbonyl (C=O) groups is 1. The normalized spacial score (nSPS) is 10.9. The Balaban J connectivity index is 1.69. The Bertz CT molecular complexity index is 932. The van der Waals surface area contributed by atoms with Crippen molar-refractivity contribution in [3.05, 3.63) is 89.5 Å². The summed E-state index contributed by atoms with van der Waals surface area (Å²) in [5, 5.41) is 11.6. The molecule has 0 radical (unpaired) electrons. The summed E-state index contributed by atoms with van der Waals surface area (Å²) in [5.74, 6) is -0.0329. The number of rotatable bonds is 6. The molecule has 0 aliphatic heterocycles. The van der Waals surface area contributed by atoms with E-state index in [1.807, 2.05) is 86.6 Å². The summed E-state index contributed by atoms with van der Waals surface area (Å²) in [6.07, 6.45) is 1.13. The monoisotopic (exact) mass is 357 g/mol. The van der Waals surface area contributed by atoms with Crippen molar-refractivity contribution in [3.63, 3.8) is 0 Å². The van der Waals surface area contributed by atoms with Crippen molar-refractivity contribution < 1.29 is 4.79 Å². The summed E-state index contributed by atoms with van der Waals surface area (Å²) < 4.78 is 0. The molecule has 0 saturated carbocycles. The molecular weight excluding hydrogens is 334 g/mol. The molecule has 0 bridgehead atoms. The Morgan fingerprint density at radius 2 is 1.56 bits per heavy atom. The maximum Gasteiger partial charge on any atom is 0.224 e. The van der Waals surface area contributed by atoms with Gasteiger partial charge in [-0.25, -0.2) is 0 Å². The van der Waals surface area contributed by atoms with E-state index in [9.17, 15) is 4.79 Å². The van der Waals surface area contributed by atoms with Gasteiger partial charge in [0.25, 0.3) is 0 Å². The third-order valence-corrected chi connectivity index (χ3v) is 4.22. The van der Waals surface area contributed by atoms with Crippen LogP contribution in [0, 0.1) is 13.8 Å². The minimum atomic E-state index is -0.0329. The van der Waals surface area contributed by atoms with Gasteiger partial charge in [-0.1, -0.05) is 54.1 Å². The Morgan fingerprint density at radius 3 is 2.30 bits per heavy atom. The second kappa shape index (κ2) is 8.90. The number of benzene rings is 3. The zero-order chi connectivity index (χ0) is 19.1. The van der Waals surface area contributed by atoms with Crippen LogP contribution in [0.1, 0.15) is 23.1 Å². The van der Waals surface area contributed by atoms with Gasteiger partial charge in [-0.15, -0.1) is 5.11 Å². The molecular formula is C23H23N3O. The number of carbonyl (C=O) groups excluding carboxylic acids is 1. The lowest BCUT2D eigenvalue weighted by molar-refractivity contribution is -0.116. The zero-order valence-corrected chi connectivity index (χ0v) is 15.6. The van der Waals surface area contributed by atoms with E-state index in [-0.39, 0.29) is 5.91 Å². The average molecular weight is 357 g/mol. The molecule has 4 nitrogen and oxygen atoms in total. The van der Waals surface area contributed by atoms with Crippen LogP contribution in [0.4, 0.5) is 17.1 Å². The Labute approximate surface area is 160 Å². The van der Waals surface area contributed by atoms with Crippen LogP contribution in [-0.2, 0) is 11.2 Å². The zero-order valence-electron chi connectivity index (χ0n) is 15.6. The predicted octanol–water partition coefficient (Wildman–Crippen LogP) is 6.29. The van der Waals surface area contributed by atoms with Crippen molar-refractivity contribution in [1.82, 2.24) is 0 Å². The van der Waals surface area contributed by atoms with Crippen LogP contribution in [0.5, 0.6) is 0 Å². The third-order valence-electron chi connectivity index (χ3n) is 4.22. The van der Waals surface area contributed by atoms with Crippen molar-refractivity contribution in [2.75, 3.05) is 5.32 Å². The first-order valence-corrected chi connectivity index (χ1v) is 9.03. The Kier molecular flexibility index (Phi) is 6.10. The van der Waals surface area contributed by atoms with Gasteiger partial charge in [0.05, 0.1) is 11.4 Å². The Morgan fingerprint density at radius 1 is 0.852 bits per heavy atom. The van der Waals surface area contributed by atoms with Gasteiger partial charge in [0.2, 0.25) is 5.91 Å². The topological polar surface area (TPSA) is 53.8 Å². The van der Waals surface area contributed by atoms with Crippen LogP contribution in [0.3, 0.4) is 0 Å². The smallest absolute Gasteiger partial charge is 0.224 e. The van der Waals surface area contributed by atoms with Crippen LogP contribution >= 0.6 is 0 Å². The summed E-state index contributed by atoms with van der Waals surface area (Å²) in [6.45, 7) is 4.02. The highest BCUT2D eigenvalue weighted by Crippen LogP contribution is 2.28. The van der Waals surface area contributed by atoms with E-state index in [2.05, 4.69) is 15.5 Å². The molecule has 0 unspecified atom stereocenters. The quantitative estimate of drug-likeness (QED) is 0.518. The average Bonchev–Trinajstić information content (AvgIpc) is 2.68. The van der Waals surface area contributed by atoms with Crippen molar-refractivity contribution in [2.24, 2.45) is 10.2 Å². The molecule has 0 fully saturated rings. The second-order valence-corrected chi connectivity index (χ2v) is 6.59. The summed E-state index contributed by atoms with van der Waals surface area (Å²) in [7, 11) is 0. The fourth-order valence-corrected chi connectivity index (χ4v) is 2.67. The van der Waals surface area contributed by atoms with Gasteiger partial charge < -0.3 is 5.32 Å². The SMILES string of the molecule is Cc1ccc(N=Nc2cc(C)ccc2NC(=O)CCc2ccccc2)cc1. The molecule has 0 aliphatic rings. The van der Waals surface area contributed by atoms with Crippen LogP contribution in [0.25, 0.3) is 0 Å². The van der Waals surface area contributed by atoms with Crippen molar-refractivity contribution in [3.8, 4) is 0 Å². The molecule has 27 heavy (non-hydrogen) atoms. The van der Waals surface area contributed by atoms with Crippen LogP contribution in [-0.4, -0.2) is 5.91 Å². The molecule has 0 saturated heterocycles. The van der Waals surface area contributed by atoms with E-state index in [0.717, 1.165) is 16.8 Å². The van der Waals surface area contributed by atoms with E-state index >= 15 is 0 Å². The molecule has 0 spiro atoms. The number of nitrogens with zero attached hydrogens (tertiary/aromatic N) is 2. The molecule has 0 heterocycles. The number of azo groups is 1. The summed E-state index contributed by atoms with van der Waals surface area (Å²) in [5.41, 5.74) is 5.50. The molecule has 136 valence electrons. The number of nitrogens with one attached hydrogen (secondary N) is 1. The number of anilines is 1. The van der Waals surface area contributed by atoms with Gasteiger partial charge in [0.1, 0.15) is 5.69 Å². The molecule has 0 aromatic heterocycles. The molecule has 1 N–H and O–H groups in total. The standard InChI is InChI=1S/C23H23N3O/c1-17-8-12-20(13-9-17)25-26-22-16-18(2)10-14-21(22)24-23(27)15-11-19-6-4-3-5-7-19/h3-10,12-14,16H,11,15H2,1-2H3,(H,24,27). The minimum Gasteiger partial charge on any atom is -0.324 e. The van der Waals surface area contributed by atoms with E-state index in [4.69, 9.17) is 0 Å². The van der Waals surface area contributed by atoms with E-state index in [1.165, 1.54) is 5.56 Å². The lowest BCUT2D eigenvalue weighted by atomic mass is 10.1. The second-order valence-electron chi connectivity index (χ2n) is 6.59. The highest BCUT2D eigenvalue weighted by Gasteiger charge is 2.08. The summed E-state index contributed by atoms with van der Waals surface area (Å²) in [4.78, 5) is 12.4. The fourth-order valence-electron chi connectivity index (χ4n) is 2.67. The highest BCUT2D eigenvalue weighted by atomic mass is 16.1. The molecule has 0 atom stereocenters. The number of amides is 1. The van der Waals surface area contributed by atoms with Gasteiger partial charge >= 0.3 is 0 Å². The molecule has 3 aromatic carbocycles. The predicted molar refractivity (Wildman–Crippen MR) is 110 cm³/mol. The summed E-state index contributed by atoms with van der Waals surface area (Å²) in [6, 6.07) is 23.6. The maximum absolute atomic E-state index is 12.4. The summed E-state index contributed by atoms with van der Waals surface area (Å²) >= 11 is 0. The molecule has 3 aromatic rings. The first-order valence-electron chi connectivity index (χ1n) is 9.03. The van der Waals surface area contributed by atoms with Gasteiger partial charge in [0, 0.05) is 6.42 Å². The van der Waals surface area contributed by atoms with Crippen LogP contribution in [0.2, 0.25) is 0 Å². The molecule has 4 heteroatoms. The largest absolute Gasteiger partial charge is 0.324 e. The van der Waals surface area contributed by atoms with E-state index in [0.29, 0.717) is 24.2 Å². The fraction of sp³-hybridized carbons (Fsp3) is 0.174. The van der Waals surface area contributed by atoms with Gasteiger partial charge in [-0.05, 0) is 55.7 Å². The number of hydrogen-bond donors (Lipinski definition) is 1. The van der Waals surface area contributed by atoms with Gasteiger partial charge in [-0.3, -0.25) is 4.79 Å². The molecule has 0 aliphatic carbocycles. The maximum atomic E-state index is 12.4. The van der Waals surface area contributed by atoms with Gasteiger partial charge in [0.15, 0.2) is 0 Å². The number of aryl methyl sites for hydroxylation is 3. The van der Waals surface area contributed by atoms with E-state index < -0.39 is 0 Å².